The highest BCUT2D eigenvalue weighted by Gasteiger charge is 2.28. The molecule has 0 aliphatic heterocycles. The van der Waals surface area contributed by atoms with Gasteiger partial charge in [0, 0.05) is 0 Å². The fourth-order valence-corrected chi connectivity index (χ4v) is 0.953. The summed E-state index contributed by atoms with van der Waals surface area (Å²) in [5, 5.41) is 37.1. The van der Waals surface area contributed by atoms with E-state index in [1.54, 1.807) is 0 Å². The topological polar surface area (TPSA) is 84.2 Å². The van der Waals surface area contributed by atoms with Gasteiger partial charge in [0.05, 0.1) is 18.8 Å². The monoisotopic (exact) mass is 204 g/mol. The Labute approximate surface area is 83.9 Å². The van der Waals surface area contributed by atoms with Crippen LogP contribution >= 0.6 is 0 Å². The van der Waals surface area contributed by atoms with E-state index in [4.69, 9.17) is 10.2 Å². The zero-order valence-corrected chi connectivity index (χ0v) is 8.41. The fraction of sp³-hybridized carbons (Fsp3) is 0.667. The van der Waals surface area contributed by atoms with Crippen molar-refractivity contribution >= 4 is 0 Å². The number of hydrogen-bond donors (Lipinski definition) is 4. The van der Waals surface area contributed by atoms with E-state index in [1.807, 2.05) is 0 Å². The first-order chi connectivity index (χ1) is 6.41. The van der Waals surface area contributed by atoms with Crippen LogP contribution in [-0.4, -0.2) is 50.0 Å². The van der Waals surface area contributed by atoms with Gasteiger partial charge in [-0.2, -0.15) is 0 Å². The lowest BCUT2D eigenvalue weighted by atomic mass is 10.2. The predicted octanol–water partition coefficient (Wildman–Crippen LogP) is -0.965. The minimum Gasteiger partial charge on any atom is -0.389 e. The molecule has 0 bridgehead atoms. The maximum Gasteiger partial charge on any atom is 0.135 e. The van der Waals surface area contributed by atoms with Crippen LogP contribution in [0.3, 0.4) is 0 Å². The van der Waals surface area contributed by atoms with Crippen LogP contribution in [-0.2, 0) is 0 Å². The largest absolute Gasteiger partial charge is 0.389 e. The number of nitrogens with zero attached hydrogens (tertiary/aromatic N) is 1. The molecule has 0 amide bonds. The number of aliphatic hydroxyl groups is 4. The Morgan fingerprint density at radius 1 is 1.00 bits per heavy atom. The smallest absolute Gasteiger partial charge is 0.135 e. The second kappa shape index (κ2) is 6.10. The van der Waals surface area contributed by atoms with Gasteiger partial charge in [0.25, 0.3) is 0 Å². The summed E-state index contributed by atoms with van der Waals surface area (Å²) < 4.78 is 0. The molecule has 0 fully saturated rings. The molecule has 1 radical (unpaired) electrons. The molecule has 5 nitrogen and oxygen atoms in total. The van der Waals surface area contributed by atoms with Crippen LogP contribution in [0.4, 0.5) is 0 Å². The normalized spacial score (nSPS) is 20.2. The van der Waals surface area contributed by atoms with Crippen LogP contribution in [0.1, 0.15) is 13.8 Å². The molecule has 0 aliphatic carbocycles. The highest BCUT2D eigenvalue weighted by Crippen LogP contribution is 2.11. The van der Waals surface area contributed by atoms with E-state index in [0.29, 0.717) is 0 Å². The van der Waals surface area contributed by atoms with E-state index in [-0.39, 0.29) is 0 Å². The molecular weight excluding hydrogens is 186 g/mol. The Morgan fingerprint density at radius 3 is 1.57 bits per heavy atom. The Morgan fingerprint density at radius 2 is 1.36 bits per heavy atom. The molecule has 0 rings (SSSR count). The fourth-order valence-electron chi connectivity index (χ4n) is 0.953. The van der Waals surface area contributed by atoms with Gasteiger partial charge in [-0.25, -0.2) is 4.90 Å². The standard InChI is InChI=1S/C9H18NO4/c1-4-5-10(8(13)6(2)11)9(14)7(3)12/h4-9,11-14H,1H2,2-3H3. The van der Waals surface area contributed by atoms with E-state index in [1.165, 1.54) is 26.5 Å². The summed E-state index contributed by atoms with van der Waals surface area (Å²) in [5.74, 6) is 0. The van der Waals surface area contributed by atoms with Gasteiger partial charge >= 0.3 is 0 Å². The van der Waals surface area contributed by atoms with Crippen molar-refractivity contribution in [2.45, 2.75) is 38.5 Å². The van der Waals surface area contributed by atoms with Crippen LogP contribution in [0.25, 0.3) is 0 Å². The third kappa shape index (κ3) is 3.73. The summed E-state index contributed by atoms with van der Waals surface area (Å²) in [6.07, 6.45) is -3.30. The minimum atomic E-state index is -1.28. The van der Waals surface area contributed by atoms with Crippen molar-refractivity contribution < 1.29 is 20.4 Å². The van der Waals surface area contributed by atoms with Gasteiger partial charge in [-0.15, -0.1) is 6.58 Å². The molecule has 0 heterocycles. The summed E-state index contributed by atoms with van der Waals surface area (Å²) in [6.45, 7) is 7.46. The molecule has 0 saturated carbocycles. The molecule has 0 spiro atoms. The molecular formula is C9H18NO4. The van der Waals surface area contributed by atoms with Crippen molar-refractivity contribution in [2.24, 2.45) is 0 Å². The molecule has 5 heteroatoms. The molecule has 0 aliphatic rings. The third-order valence-electron chi connectivity index (χ3n) is 1.75. The summed E-state index contributed by atoms with van der Waals surface area (Å²) in [4.78, 5) is 1.03. The van der Waals surface area contributed by atoms with Crippen LogP contribution in [0.5, 0.6) is 0 Å². The average molecular weight is 204 g/mol. The van der Waals surface area contributed by atoms with Gasteiger partial charge < -0.3 is 20.4 Å². The highest BCUT2D eigenvalue weighted by atomic mass is 16.4. The Hall–Kier alpha value is -0.460. The van der Waals surface area contributed by atoms with Crippen LogP contribution in [0.15, 0.2) is 12.7 Å². The third-order valence-corrected chi connectivity index (χ3v) is 1.75. The number of rotatable bonds is 6. The molecule has 83 valence electrons. The lowest BCUT2D eigenvalue weighted by molar-refractivity contribution is -0.155. The number of aliphatic hydroxyl groups excluding tert-OH is 4. The summed E-state index contributed by atoms with van der Waals surface area (Å²) >= 11 is 0. The van der Waals surface area contributed by atoms with Crippen molar-refractivity contribution in [2.75, 3.05) is 0 Å². The first kappa shape index (κ1) is 13.5. The highest BCUT2D eigenvalue weighted by molar-refractivity contribution is 4.90. The number of hydrogen-bond acceptors (Lipinski definition) is 5. The zero-order chi connectivity index (χ0) is 11.3. The van der Waals surface area contributed by atoms with Crippen molar-refractivity contribution in [1.82, 2.24) is 4.90 Å². The Bertz CT molecular complexity index is 158. The first-order valence-corrected chi connectivity index (χ1v) is 4.37. The summed E-state index contributed by atoms with van der Waals surface area (Å²) in [5.41, 5.74) is 0. The van der Waals surface area contributed by atoms with Crippen molar-refractivity contribution in [1.29, 1.82) is 0 Å². The van der Waals surface area contributed by atoms with Gasteiger partial charge in [-0.1, -0.05) is 6.08 Å². The summed E-state index contributed by atoms with van der Waals surface area (Å²) in [6, 6.07) is 0. The SMILES string of the molecule is C=C[CH]N(C(O)C(C)O)C(O)C(C)O. The van der Waals surface area contributed by atoms with Crippen molar-refractivity contribution in [3.05, 3.63) is 19.2 Å². The maximum absolute atomic E-state index is 9.46. The van der Waals surface area contributed by atoms with Gasteiger partial charge in [-0.05, 0) is 13.8 Å². The van der Waals surface area contributed by atoms with Crippen LogP contribution in [0, 0.1) is 6.54 Å². The summed E-state index contributed by atoms with van der Waals surface area (Å²) in [7, 11) is 0. The van der Waals surface area contributed by atoms with Gasteiger partial charge in [0.2, 0.25) is 0 Å². The molecule has 0 aromatic heterocycles. The minimum absolute atomic E-state index is 1.03. The molecule has 0 saturated heterocycles. The van der Waals surface area contributed by atoms with E-state index in [9.17, 15) is 10.2 Å². The van der Waals surface area contributed by atoms with Crippen LogP contribution < -0.4 is 0 Å². The second-order valence-corrected chi connectivity index (χ2v) is 3.14. The maximum atomic E-state index is 9.46. The molecule has 14 heavy (non-hydrogen) atoms. The van der Waals surface area contributed by atoms with Crippen LogP contribution in [0.2, 0.25) is 0 Å². The van der Waals surface area contributed by atoms with Crippen molar-refractivity contribution in [3.63, 3.8) is 0 Å². The second-order valence-electron chi connectivity index (χ2n) is 3.14. The Kier molecular flexibility index (Phi) is 5.90. The zero-order valence-electron chi connectivity index (χ0n) is 8.41. The molecule has 4 unspecified atom stereocenters. The average Bonchev–Trinajstić information content (AvgIpc) is 2.11. The molecule has 4 N–H and O–H groups in total. The predicted molar refractivity (Wildman–Crippen MR) is 51.7 cm³/mol. The molecule has 4 atom stereocenters. The van der Waals surface area contributed by atoms with Gasteiger partial charge in [0.15, 0.2) is 0 Å². The molecule has 0 aromatic carbocycles. The molecule has 0 aromatic rings. The van der Waals surface area contributed by atoms with E-state index < -0.39 is 24.7 Å². The lowest BCUT2D eigenvalue weighted by Crippen LogP contribution is -2.50. The quantitative estimate of drug-likeness (QED) is 0.419. The van der Waals surface area contributed by atoms with E-state index in [0.717, 1.165) is 4.90 Å². The van der Waals surface area contributed by atoms with Crippen molar-refractivity contribution in [3.8, 4) is 0 Å². The van der Waals surface area contributed by atoms with Gasteiger partial charge in [0.1, 0.15) is 12.5 Å². The lowest BCUT2D eigenvalue weighted by Gasteiger charge is -2.33. The van der Waals surface area contributed by atoms with Gasteiger partial charge in [-0.3, -0.25) is 0 Å². The Balaban J connectivity index is 4.48. The van der Waals surface area contributed by atoms with E-state index in [2.05, 4.69) is 6.58 Å². The first-order valence-electron chi connectivity index (χ1n) is 4.37. The van der Waals surface area contributed by atoms with E-state index >= 15 is 0 Å².